The summed E-state index contributed by atoms with van der Waals surface area (Å²) in [4.78, 5) is 11.0. The number of hydrogen-bond acceptors (Lipinski definition) is 3. The maximum Gasteiger partial charge on any atom is 0.174 e. The Bertz CT molecular complexity index is 338. The molecule has 1 heterocycles. The van der Waals surface area contributed by atoms with Gasteiger partial charge in [0.25, 0.3) is 0 Å². The molecule has 18 heavy (non-hydrogen) atoms. The number of rotatable bonds is 2. The van der Waals surface area contributed by atoms with Gasteiger partial charge in [-0.25, -0.2) is 0 Å². The molecular weight excluding hydrogens is 228 g/mol. The van der Waals surface area contributed by atoms with Crippen LogP contribution < -0.4 is 0 Å². The highest BCUT2D eigenvalue weighted by Crippen LogP contribution is 2.67. The van der Waals surface area contributed by atoms with Crippen molar-refractivity contribution >= 4 is 6.29 Å². The third kappa shape index (κ3) is 1.20. The molecule has 3 heteroatoms. The third-order valence-corrected chi connectivity index (χ3v) is 6.54. The fourth-order valence-corrected chi connectivity index (χ4v) is 5.59. The Morgan fingerprint density at radius 3 is 1.94 bits per heavy atom. The minimum Gasteiger partial charge on any atom is -0.347 e. The van der Waals surface area contributed by atoms with E-state index in [2.05, 4.69) is 6.92 Å². The summed E-state index contributed by atoms with van der Waals surface area (Å²) < 4.78 is 12.1. The third-order valence-electron chi connectivity index (χ3n) is 6.54. The largest absolute Gasteiger partial charge is 0.347 e. The van der Waals surface area contributed by atoms with Crippen LogP contribution in [0.15, 0.2) is 0 Å². The fraction of sp³-hybridized carbons (Fsp3) is 0.933. The summed E-state index contributed by atoms with van der Waals surface area (Å²) in [6.07, 6.45) is 6.71. The Kier molecular flexibility index (Phi) is 2.27. The van der Waals surface area contributed by atoms with E-state index < -0.39 is 0 Å². The molecule has 1 saturated heterocycles. The van der Waals surface area contributed by atoms with Crippen LogP contribution in [-0.2, 0) is 14.3 Å². The van der Waals surface area contributed by atoms with E-state index in [0.717, 1.165) is 25.9 Å². The first-order chi connectivity index (χ1) is 8.69. The van der Waals surface area contributed by atoms with Crippen LogP contribution >= 0.6 is 0 Å². The van der Waals surface area contributed by atoms with Gasteiger partial charge in [-0.3, -0.25) is 0 Å². The second-order valence-corrected chi connectivity index (χ2v) is 7.03. The van der Waals surface area contributed by atoms with E-state index in [9.17, 15) is 4.79 Å². The molecule has 5 rings (SSSR count). The topological polar surface area (TPSA) is 35.5 Å². The van der Waals surface area contributed by atoms with Gasteiger partial charge in [0.15, 0.2) is 5.79 Å². The maximum atomic E-state index is 11.0. The van der Waals surface area contributed by atoms with E-state index in [1.807, 2.05) is 0 Å². The molecule has 100 valence electrons. The van der Waals surface area contributed by atoms with Crippen LogP contribution in [0, 0.1) is 29.1 Å². The highest BCUT2D eigenvalue weighted by atomic mass is 16.7. The van der Waals surface area contributed by atoms with Crippen LogP contribution in [0.1, 0.15) is 39.0 Å². The lowest BCUT2D eigenvalue weighted by Crippen LogP contribution is -2.63. The molecule has 0 aromatic carbocycles. The molecule has 0 amide bonds. The predicted octanol–water partition coefficient (Wildman–Crippen LogP) is 2.39. The first kappa shape index (κ1) is 11.4. The van der Waals surface area contributed by atoms with Crippen LogP contribution in [-0.4, -0.2) is 25.3 Å². The lowest BCUT2D eigenvalue weighted by atomic mass is 9.43. The van der Waals surface area contributed by atoms with Crippen LogP contribution in [0.5, 0.6) is 0 Å². The van der Waals surface area contributed by atoms with Gasteiger partial charge in [0.2, 0.25) is 0 Å². The van der Waals surface area contributed by atoms with E-state index >= 15 is 0 Å². The molecule has 0 radical (unpaired) electrons. The van der Waals surface area contributed by atoms with E-state index in [1.54, 1.807) is 0 Å². The molecule has 1 spiro atoms. The molecular formula is C15H22O3. The second-order valence-electron chi connectivity index (χ2n) is 7.03. The highest BCUT2D eigenvalue weighted by Gasteiger charge is 2.66. The fourth-order valence-electron chi connectivity index (χ4n) is 5.59. The Hall–Kier alpha value is -0.410. The molecule has 4 aliphatic carbocycles. The van der Waals surface area contributed by atoms with Gasteiger partial charge in [0.05, 0.1) is 13.2 Å². The molecule has 4 saturated carbocycles. The van der Waals surface area contributed by atoms with Crippen LogP contribution in [0.25, 0.3) is 0 Å². The molecule has 0 N–H and O–H groups in total. The summed E-state index contributed by atoms with van der Waals surface area (Å²) in [5, 5.41) is 0. The monoisotopic (exact) mass is 250 g/mol. The molecule has 5 fully saturated rings. The molecule has 0 aromatic heterocycles. The summed E-state index contributed by atoms with van der Waals surface area (Å²) in [7, 11) is 0. The van der Waals surface area contributed by atoms with E-state index in [1.165, 1.54) is 25.7 Å². The zero-order valence-corrected chi connectivity index (χ0v) is 11.1. The van der Waals surface area contributed by atoms with Crippen LogP contribution in [0.3, 0.4) is 0 Å². The van der Waals surface area contributed by atoms with Crippen molar-refractivity contribution in [2.75, 3.05) is 13.2 Å². The van der Waals surface area contributed by atoms with Crippen molar-refractivity contribution in [3.8, 4) is 0 Å². The number of carbonyl (C=O) groups is 1. The number of hydrogen-bond donors (Lipinski definition) is 0. The van der Waals surface area contributed by atoms with Gasteiger partial charge in [0, 0.05) is 18.3 Å². The Morgan fingerprint density at radius 2 is 1.50 bits per heavy atom. The average Bonchev–Trinajstić information content (AvgIpc) is 2.78. The zero-order valence-electron chi connectivity index (χ0n) is 11.1. The van der Waals surface area contributed by atoms with Gasteiger partial charge < -0.3 is 14.3 Å². The minimum atomic E-state index is -0.227. The van der Waals surface area contributed by atoms with Crippen molar-refractivity contribution in [2.45, 2.75) is 44.8 Å². The van der Waals surface area contributed by atoms with Crippen LogP contribution in [0.4, 0.5) is 0 Å². The number of ether oxygens (including phenoxy) is 2. The van der Waals surface area contributed by atoms with E-state index in [0.29, 0.717) is 23.7 Å². The highest BCUT2D eigenvalue weighted by molar-refractivity contribution is 5.51. The molecule has 4 bridgehead atoms. The Balaban J connectivity index is 1.66. The van der Waals surface area contributed by atoms with Crippen molar-refractivity contribution in [1.82, 2.24) is 0 Å². The lowest BCUT2D eigenvalue weighted by molar-refractivity contribution is -0.308. The normalized spacial score (nSPS) is 52.1. The zero-order chi connectivity index (χ0) is 12.4. The molecule has 0 atom stereocenters. The molecule has 1 aliphatic heterocycles. The number of aldehydes is 1. The van der Waals surface area contributed by atoms with Crippen molar-refractivity contribution in [2.24, 2.45) is 29.1 Å². The first-order valence-corrected chi connectivity index (χ1v) is 7.40. The van der Waals surface area contributed by atoms with Gasteiger partial charge in [-0.1, -0.05) is 6.92 Å². The Labute approximate surface area is 108 Å². The minimum absolute atomic E-state index is 0.227. The van der Waals surface area contributed by atoms with E-state index in [4.69, 9.17) is 9.47 Å². The average molecular weight is 250 g/mol. The van der Waals surface area contributed by atoms with Crippen molar-refractivity contribution < 1.29 is 14.3 Å². The summed E-state index contributed by atoms with van der Waals surface area (Å²) in [6.45, 7) is 3.89. The Morgan fingerprint density at radius 1 is 1.00 bits per heavy atom. The van der Waals surface area contributed by atoms with Gasteiger partial charge in [0.1, 0.15) is 6.29 Å². The lowest BCUT2D eigenvalue weighted by Gasteiger charge is -2.65. The summed E-state index contributed by atoms with van der Waals surface area (Å²) >= 11 is 0. The summed E-state index contributed by atoms with van der Waals surface area (Å²) in [5.41, 5.74) is 0.259. The van der Waals surface area contributed by atoms with Gasteiger partial charge >= 0.3 is 0 Å². The van der Waals surface area contributed by atoms with Gasteiger partial charge in [-0.15, -0.1) is 0 Å². The van der Waals surface area contributed by atoms with Crippen LogP contribution in [0.2, 0.25) is 0 Å². The SMILES string of the molecule is CC1(CC=O)C2CC3CC1CC(C2)C31OCCO1. The summed E-state index contributed by atoms with van der Waals surface area (Å²) in [5.74, 6) is 2.37. The number of carbonyl (C=O) groups excluding carboxylic acids is 1. The predicted molar refractivity (Wildman–Crippen MR) is 65.9 cm³/mol. The maximum absolute atomic E-state index is 11.0. The second kappa shape index (κ2) is 3.57. The molecule has 5 aliphatic rings. The van der Waals surface area contributed by atoms with E-state index in [-0.39, 0.29) is 11.2 Å². The van der Waals surface area contributed by atoms with Crippen molar-refractivity contribution in [3.05, 3.63) is 0 Å². The molecule has 0 unspecified atom stereocenters. The summed E-state index contributed by atoms with van der Waals surface area (Å²) in [6, 6.07) is 0. The smallest absolute Gasteiger partial charge is 0.174 e. The van der Waals surface area contributed by atoms with Crippen molar-refractivity contribution in [1.29, 1.82) is 0 Å². The standard InChI is InChI=1S/C15H22O3/c1-14(2-3-16)10-6-12-8-11(14)9-13(7-10)15(12)17-4-5-18-15/h3,10-13H,2,4-9H2,1H3. The molecule has 0 aromatic rings. The van der Waals surface area contributed by atoms with Gasteiger partial charge in [-0.2, -0.15) is 0 Å². The van der Waals surface area contributed by atoms with Crippen molar-refractivity contribution in [3.63, 3.8) is 0 Å². The van der Waals surface area contributed by atoms with Gasteiger partial charge in [-0.05, 0) is 42.9 Å². The molecule has 3 nitrogen and oxygen atoms in total. The quantitative estimate of drug-likeness (QED) is 0.706. The first-order valence-electron chi connectivity index (χ1n) is 7.40.